The molecule has 0 radical (unpaired) electrons. The minimum atomic E-state index is -0.637. The number of ether oxygens (including phenoxy) is 1. The highest BCUT2D eigenvalue weighted by Crippen LogP contribution is 2.37. The minimum Gasteiger partial charge on any atom is -0.454 e. The third-order valence-electron chi connectivity index (χ3n) is 7.42. The number of hydrogen-bond donors (Lipinski definition) is 1. The number of ketones is 1. The van der Waals surface area contributed by atoms with Crippen LogP contribution in [0, 0.1) is 11.7 Å². The summed E-state index contributed by atoms with van der Waals surface area (Å²) in [6.45, 7) is 2.52. The van der Waals surface area contributed by atoms with E-state index in [1.165, 1.54) is 6.07 Å². The van der Waals surface area contributed by atoms with E-state index in [-0.39, 0.29) is 35.9 Å². The fourth-order valence-corrected chi connectivity index (χ4v) is 5.50. The Kier molecular flexibility index (Phi) is 6.64. The summed E-state index contributed by atoms with van der Waals surface area (Å²) in [5.74, 6) is -0.710. The lowest BCUT2D eigenvalue weighted by Gasteiger charge is -2.51. The van der Waals surface area contributed by atoms with Crippen molar-refractivity contribution >= 4 is 17.4 Å². The predicted molar refractivity (Wildman–Crippen MR) is 132 cm³/mol. The molecule has 3 saturated heterocycles. The molecular formula is C29H30FN2O3+. The Morgan fingerprint density at radius 1 is 0.914 bits per heavy atom. The molecule has 3 aliphatic heterocycles. The summed E-state index contributed by atoms with van der Waals surface area (Å²) in [5, 5.41) is 3.32. The lowest BCUT2D eigenvalue weighted by atomic mass is 9.82. The Balaban J connectivity index is 1.32. The number of quaternary nitrogens is 1. The average molecular weight is 474 g/mol. The van der Waals surface area contributed by atoms with Gasteiger partial charge in [0.25, 0.3) is 0 Å². The third kappa shape index (κ3) is 5.13. The van der Waals surface area contributed by atoms with Crippen LogP contribution in [0.25, 0.3) is 0 Å². The van der Waals surface area contributed by atoms with Crippen LogP contribution < -0.4 is 5.32 Å². The van der Waals surface area contributed by atoms with Gasteiger partial charge in [-0.3, -0.25) is 4.79 Å². The Hall–Kier alpha value is -3.51. The second-order valence-corrected chi connectivity index (χ2v) is 9.70. The first kappa shape index (κ1) is 23.2. The Morgan fingerprint density at radius 2 is 1.54 bits per heavy atom. The van der Waals surface area contributed by atoms with E-state index in [2.05, 4.69) is 5.32 Å². The maximum absolute atomic E-state index is 14.2. The first-order chi connectivity index (χ1) is 17.0. The van der Waals surface area contributed by atoms with Gasteiger partial charge in [0.05, 0.1) is 18.7 Å². The number of nitrogens with one attached hydrogen (secondary N) is 1. The molecule has 6 heteroatoms. The van der Waals surface area contributed by atoms with Crippen molar-refractivity contribution in [2.75, 3.05) is 31.5 Å². The molecule has 3 aromatic rings. The zero-order chi connectivity index (χ0) is 24.3. The molecule has 180 valence electrons. The van der Waals surface area contributed by atoms with Gasteiger partial charge in [-0.2, -0.15) is 0 Å². The summed E-state index contributed by atoms with van der Waals surface area (Å²) >= 11 is 0. The number of carbonyl (C=O) groups excluding carboxylic acids is 2. The summed E-state index contributed by atoms with van der Waals surface area (Å²) in [4.78, 5) is 26.4. The topological polar surface area (TPSA) is 55.4 Å². The van der Waals surface area contributed by atoms with Crippen LogP contribution in [-0.2, 0) is 9.53 Å². The van der Waals surface area contributed by atoms with Crippen LogP contribution in [0.1, 0.15) is 34.8 Å². The standard InChI is InChI=1S/C29H30FN2O3/c30-25-14-8-7-13-24(25)26(33)19-32-17-15-21(16-18-32)27(20-32)35-29(34)28(22-9-3-1-4-10-22)31-23-11-5-2-6-12-23/h1-14,21,27-28,31H,15-20H2/q+1/t21?,27-,28+,32?/m0/s1. The summed E-state index contributed by atoms with van der Waals surface area (Å²) in [6.07, 6.45) is 1.53. The quantitative estimate of drug-likeness (QED) is 0.284. The fraction of sp³-hybridized carbons (Fsp3) is 0.310. The molecule has 3 fully saturated rings. The van der Waals surface area contributed by atoms with Gasteiger partial charge in [-0.25, -0.2) is 9.18 Å². The molecule has 0 aromatic heterocycles. The molecule has 6 rings (SSSR count). The minimum absolute atomic E-state index is 0.137. The predicted octanol–water partition coefficient (Wildman–Crippen LogP) is 5.01. The number of piperidine rings is 3. The third-order valence-corrected chi connectivity index (χ3v) is 7.42. The molecular weight excluding hydrogens is 443 g/mol. The zero-order valence-electron chi connectivity index (χ0n) is 19.6. The molecule has 0 unspecified atom stereocenters. The van der Waals surface area contributed by atoms with E-state index in [0.29, 0.717) is 11.0 Å². The number of carbonyl (C=O) groups is 2. The van der Waals surface area contributed by atoms with E-state index < -0.39 is 11.9 Å². The van der Waals surface area contributed by atoms with Crippen molar-refractivity contribution in [3.8, 4) is 0 Å². The average Bonchev–Trinajstić information content (AvgIpc) is 2.89. The number of hydrogen-bond acceptors (Lipinski definition) is 4. The largest absolute Gasteiger partial charge is 0.454 e. The SMILES string of the molecule is O=C(C[N+]12CCC(CC1)[C@@H](OC(=O)[C@H](Nc1ccccc1)c1ccccc1)C2)c1ccccc1F. The molecule has 3 heterocycles. The normalized spacial score (nSPS) is 23.9. The smallest absolute Gasteiger partial charge is 0.333 e. The van der Waals surface area contributed by atoms with Gasteiger partial charge in [-0.1, -0.05) is 60.7 Å². The first-order valence-corrected chi connectivity index (χ1v) is 12.2. The highest BCUT2D eigenvalue weighted by molar-refractivity contribution is 5.97. The Labute approximate surface area is 205 Å². The van der Waals surface area contributed by atoms with Crippen LogP contribution in [0.4, 0.5) is 10.1 Å². The van der Waals surface area contributed by atoms with Gasteiger partial charge in [0.1, 0.15) is 18.9 Å². The highest BCUT2D eigenvalue weighted by Gasteiger charge is 2.49. The molecule has 3 aromatic carbocycles. The van der Waals surface area contributed by atoms with Gasteiger partial charge in [-0.15, -0.1) is 0 Å². The van der Waals surface area contributed by atoms with Gasteiger partial charge in [0.2, 0.25) is 5.78 Å². The van der Waals surface area contributed by atoms with Gasteiger partial charge in [-0.05, 0) is 29.8 Å². The van der Waals surface area contributed by atoms with Crippen LogP contribution in [0.2, 0.25) is 0 Å². The van der Waals surface area contributed by atoms with Crippen LogP contribution in [-0.4, -0.2) is 48.5 Å². The first-order valence-electron chi connectivity index (χ1n) is 12.2. The molecule has 3 aliphatic rings. The summed E-state index contributed by atoms with van der Waals surface area (Å²) in [6, 6.07) is 24.7. The second kappa shape index (κ2) is 10.0. The number of benzene rings is 3. The number of para-hydroxylation sites is 1. The molecule has 35 heavy (non-hydrogen) atoms. The van der Waals surface area contributed by atoms with Crippen molar-refractivity contribution in [1.82, 2.24) is 0 Å². The number of nitrogens with zero attached hydrogens (tertiary/aromatic N) is 1. The number of fused-ring (bicyclic) bond motifs is 3. The van der Waals surface area contributed by atoms with E-state index in [9.17, 15) is 14.0 Å². The second-order valence-electron chi connectivity index (χ2n) is 9.70. The monoisotopic (exact) mass is 473 g/mol. The van der Waals surface area contributed by atoms with Gasteiger partial charge in [0.15, 0.2) is 12.1 Å². The maximum Gasteiger partial charge on any atom is 0.333 e. The van der Waals surface area contributed by atoms with Crippen LogP contribution >= 0.6 is 0 Å². The van der Waals surface area contributed by atoms with Crippen LogP contribution in [0.5, 0.6) is 0 Å². The molecule has 2 bridgehead atoms. The molecule has 0 aliphatic carbocycles. The van der Waals surface area contributed by atoms with Gasteiger partial charge >= 0.3 is 5.97 Å². The van der Waals surface area contributed by atoms with E-state index in [1.54, 1.807) is 18.2 Å². The number of rotatable bonds is 8. The van der Waals surface area contributed by atoms with Crippen LogP contribution in [0.3, 0.4) is 0 Å². The van der Waals surface area contributed by atoms with Crippen molar-refractivity contribution in [2.24, 2.45) is 5.92 Å². The lowest BCUT2D eigenvalue weighted by Crippen LogP contribution is -2.65. The molecule has 0 spiro atoms. The molecule has 2 atom stereocenters. The number of anilines is 1. The highest BCUT2D eigenvalue weighted by atomic mass is 19.1. The molecule has 0 amide bonds. The van der Waals surface area contributed by atoms with E-state index in [0.717, 1.165) is 37.2 Å². The number of halogens is 1. The molecule has 1 N–H and O–H groups in total. The number of esters is 1. The lowest BCUT2D eigenvalue weighted by molar-refractivity contribution is -0.938. The molecule has 0 saturated carbocycles. The van der Waals surface area contributed by atoms with Gasteiger partial charge < -0.3 is 14.5 Å². The maximum atomic E-state index is 14.2. The van der Waals surface area contributed by atoms with Gasteiger partial charge in [0, 0.05) is 24.4 Å². The van der Waals surface area contributed by atoms with Crippen LogP contribution in [0.15, 0.2) is 84.9 Å². The fourth-order valence-electron chi connectivity index (χ4n) is 5.50. The van der Waals surface area contributed by atoms with Crippen molar-refractivity contribution in [2.45, 2.75) is 25.0 Å². The molecule has 5 nitrogen and oxygen atoms in total. The summed E-state index contributed by atoms with van der Waals surface area (Å²) in [5.41, 5.74) is 1.81. The van der Waals surface area contributed by atoms with Crippen molar-refractivity contribution < 1.29 is 23.2 Å². The van der Waals surface area contributed by atoms with E-state index >= 15 is 0 Å². The van der Waals surface area contributed by atoms with Crippen molar-refractivity contribution in [1.29, 1.82) is 0 Å². The summed E-state index contributed by atoms with van der Waals surface area (Å²) < 4.78 is 20.9. The van der Waals surface area contributed by atoms with E-state index in [4.69, 9.17) is 4.74 Å². The zero-order valence-corrected chi connectivity index (χ0v) is 19.6. The summed E-state index contributed by atoms with van der Waals surface area (Å²) in [7, 11) is 0. The Bertz CT molecular complexity index is 1180. The van der Waals surface area contributed by atoms with Crippen molar-refractivity contribution in [3.63, 3.8) is 0 Å². The van der Waals surface area contributed by atoms with E-state index in [1.807, 2.05) is 60.7 Å². The number of Topliss-reactive ketones (excluding diaryl/α,β-unsaturated/α-hetero) is 1. The van der Waals surface area contributed by atoms with Crippen molar-refractivity contribution in [3.05, 3.63) is 102 Å². The Morgan fingerprint density at radius 3 is 2.23 bits per heavy atom.